The van der Waals surface area contributed by atoms with Crippen molar-refractivity contribution in [1.82, 2.24) is 5.32 Å². The summed E-state index contributed by atoms with van der Waals surface area (Å²) in [6.07, 6.45) is -0.713. The van der Waals surface area contributed by atoms with Gasteiger partial charge in [0.05, 0.1) is 11.7 Å². The minimum absolute atomic E-state index is 0.225. The van der Waals surface area contributed by atoms with Gasteiger partial charge in [-0.3, -0.25) is 4.79 Å². The molecule has 1 heterocycles. The highest BCUT2D eigenvalue weighted by Crippen LogP contribution is 2.34. The molecule has 2 aromatic carbocycles. The second kappa shape index (κ2) is 8.74. The van der Waals surface area contributed by atoms with Gasteiger partial charge in [0.25, 0.3) is 5.91 Å². The minimum atomic E-state index is -0.639. The van der Waals surface area contributed by atoms with Crippen LogP contribution in [-0.2, 0) is 16.0 Å². The van der Waals surface area contributed by atoms with Crippen LogP contribution in [0.1, 0.15) is 44.9 Å². The predicted molar refractivity (Wildman–Crippen MR) is 117 cm³/mol. The molecule has 3 rings (SSSR count). The lowest BCUT2D eigenvalue weighted by Crippen LogP contribution is -2.36. The average Bonchev–Trinajstić information content (AvgIpc) is 2.62. The first kappa shape index (κ1) is 22.2. The molecule has 0 spiro atoms. The molecule has 0 radical (unpaired) electrons. The molecule has 2 amide bonds. The second-order valence-corrected chi connectivity index (χ2v) is 8.99. The van der Waals surface area contributed by atoms with Gasteiger partial charge in [-0.2, -0.15) is 0 Å². The molecule has 0 fully saturated rings. The predicted octanol–water partition coefficient (Wildman–Crippen LogP) is 5.52. The third kappa shape index (κ3) is 5.58. The van der Waals surface area contributed by atoms with Gasteiger partial charge in [0.2, 0.25) is 0 Å². The Bertz CT molecular complexity index is 972. The van der Waals surface area contributed by atoms with Crippen molar-refractivity contribution in [1.29, 1.82) is 0 Å². The van der Waals surface area contributed by atoms with Crippen molar-refractivity contribution in [3.63, 3.8) is 0 Å². The zero-order valence-corrected chi connectivity index (χ0v) is 18.7. The molecule has 1 aliphatic rings. The number of carbonyl (C=O) groups excluding carboxylic acids is 2. The van der Waals surface area contributed by atoms with E-state index in [1.54, 1.807) is 52.0 Å². The van der Waals surface area contributed by atoms with Crippen molar-refractivity contribution in [3.05, 3.63) is 57.6 Å². The molecule has 30 heavy (non-hydrogen) atoms. The van der Waals surface area contributed by atoms with Crippen molar-refractivity contribution in [2.24, 2.45) is 0 Å². The van der Waals surface area contributed by atoms with Gasteiger partial charge in [0.15, 0.2) is 6.10 Å². The van der Waals surface area contributed by atoms with Gasteiger partial charge in [0, 0.05) is 10.0 Å². The summed E-state index contributed by atoms with van der Waals surface area (Å²) < 4.78 is 11.0. The summed E-state index contributed by atoms with van der Waals surface area (Å²) in [7, 11) is 0. The van der Waals surface area contributed by atoms with Crippen LogP contribution in [0.2, 0.25) is 10.0 Å². The number of benzene rings is 2. The van der Waals surface area contributed by atoms with Gasteiger partial charge in [0.1, 0.15) is 11.4 Å². The number of anilines is 1. The monoisotopic (exact) mass is 450 g/mol. The average molecular weight is 451 g/mol. The molecular formula is C22H24Cl2N2O4. The van der Waals surface area contributed by atoms with Crippen molar-refractivity contribution in [3.8, 4) is 5.75 Å². The lowest BCUT2D eigenvalue weighted by molar-refractivity contribution is -0.122. The first-order chi connectivity index (χ1) is 14.0. The highest BCUT2D eigenvalue weighted by atomic mass is 35.5. The molecule has 2 unspecified atom stereocenters. The van der Waals surface area contributed by atoms with E-state index >= 15 is 0 Å². The Labute approximate surface area is 185 Å². The topological polar surface area (TPSA) is 76.7 Å². The Kier molecular flexibility index (Phi) is 6.48. The highest BCUT2D eigenvalue weighted by molar-refractivity contribution is 6.35. The molecule has 0 aromatic heterocycles. The third-order valence-corrected chi connectivity index (χ3v) is 5.05. The van der Waals surface area contributed by atoms with Crippen LogP contribution >= 0.6 is 23.2 Å². The highest BCUT2D eigenvalue weighted by Gasteiger charge is 2.26. The second-order valence-electron chi connectivity index (χ2n) is 8.14. The Morgan fingerprint density at radius 2 is 1.97 bits per heavy atom. The maximum atomic E-state index is 12.5. The van der Waals surface area contributed by atoms with Gasteiger partial charge in [-0.1, -0.05) is 35.3 Å². The number of halogens is 2. The number of ether oxygens (including phenoxy) is 2. The molecule has 0 saturated heterocycles. The summed E-state index contributed by atoms with van der Waals surface area (Å²) in [6.45, 7) is 7.07. The van der Waals surface area contributed by atoms with Gasteiger partial charge < -0.3 is 20.1 Å². The number of fused-ring (bicyclic) bond motifs is 1. The fourth-order valence-corrected chi connectivity index (χ4v) is 3.54. The molecule has 6 nitrogen and oxygen atoms in total. The fraction of sp³-hybridized carbons (Fsp3) is 0.364. The first-order valence-electron chi connectivity index (χ1n) is 9.57. The van der Waals surface area contributed by atoms with Gasteiger partial charge in [-0.15, -0.1) is 0 Å². The van der Waals surface area contributed by atoms with Crippen LogP contribution in [0.3, 0.4) is 0 Å². The lowest BCUT2D eigenvalue weighted by Gasteiger charge is -2.27. The van der Waals surface area contributed by atoms with E-state index in [-0.39, 0.29) is 5.91 Å². The number of rotatable bonds is 4. The van der Waals surface area contributed by atoms with Crippen LogP contribution < -0.4 is 15.4 Å². The lowest BCUT2D eigenvalue weighted by atomic mass is 9.97. The largest absolute Gasteiger partial charge is 0.479 e. The zero-order chi connectivity index (χ0) is 22.1. The third-order valence-electron chi connectivity index (χ3n) is 4.47. The van der Waals surface area contributed by atoms with Crippen molar-refractivity contribution < 1.29 is 19.1 Å². The summed E-state index contributed by atoms with van der Waals surface area (Å²) in [6, 6.07) is 10.2. The summed E-state index contributed by atoms with van der Waals surface area (Å²) >= 11 is 12.4. The molecule has 0 aliphatic carbocycles. The van der Waals surface area contributed by atoms with Gasteiger partial charge >= 0.3 is 6.09 Å². The maximum absolute atomic E-state index is 12.5. The molecule has 2 aromatic rings. The Balaban J connectivity index is 1.91. The van der Waals surface area contributed by atoms with E-state index < -0.39 is 23.8 Å². The van der Waals surface area contributed by atoms with Crippen LogP contribution in [0, 0.1) is 0 Å². The van der Waals surface area contributed by atoms with Crippen LogP contribution in [0.25, 0.3) is 0 Å². The van der Waals surface area contributed by atoms with E-state index in [0.717, 1.165) is 11.1 Å². The number of hydrogen-bond donors (Lipinski definition) is 2. The summed E-state index contributed by atoms with van der Waals surface area (Å²) in [5.74, 6) is 0.350. The number of amides is 2. The molecule has 0 bridgehead atoms. The van der Waals surface area contributed by atoms with Crippen molar-refractivity contribution in [2.45, 2.75) is 51.9 Å². The Morgan fingerprint density at radius 1 is 1.23 bits per heavy atom. The van der Waals surface area contributed by atoms with Crippen molar-refractivity contribution >= 4 is 40.9 Å². The van der Waals surface area contributed by atoms with E-state index in [9.17, 15) is 9.59 Å². The molecule has 160 valence electrons. The standard InChI is InChI=1S/C22H24Cl2N2O4/c1-12-20(27)25-18-10-14(6-8-19(18)29-12)17(26-21(28)30-22(2,3)4)9-13-5-7-15(23)11-16(13)24/h5-8,10-12,17H,9H2,1-4H3,(H,25,27)(H,26,28). The zero-order valence-electron chi connectivity index (χ0n) is 17.2. The summed E-state index contributed by atoms with van der Waals surface area (Å²) in [5, 5.41) is 6.76. The van der Waals surface area contributed by atoms with E-state index in [1.807, 2.05) is 12.1 Å². The number of alkyl carbamates (subject to hydrolysis) is 1. The van der Waals surface area contributed by atoms with Gasteiger partial charge in [-0.05, 0) is 69.5 Å². The molecule has 1 aliphatic heterocycles. The summed E-state index contributed by atoms with van der Waals surface area (Å²) in [4.78, 5) is 24.5. The van der Waals surface area contributed by atoms with Crippen LogP contribution in [0.15, 0.2) is 36.4 Å². The van der Waals surface area contributed by atoms with Crippen LogP contribution in [0.5, 0.6) is 5.75 Å². The van der Waals surface area contributed by atoms with Crippen LogP contribution in [-0.4, -0.2) is 23.7 Å². The Hall–Kier alpha value is -2.44. The maximum Gasteiger partial charge on any atom is 0.408 e. The molecule has 8 heteroatoms. The number of nitrogens with one attached hydrogen (secondary N) is 2. The normalized spacial score (nSPS) is 16.7. The SMILES string of the molecule is CC1Oc2ccc(C(Cc3ccc(Cl)cc3Cl)NC(=O)OC(C)(C)C)cc2NC1=O. The smallest absolute Gasteiger partial charge is 0.408 e. The van der Waals surface area contributed by atoms with Crippen LogP contribution in [0.4, 0.5) is 10.5 Å². The van der Waals surface area contributed by atoms with Gasteiger partial charge in [-0.25, -0.2) is 4.79 Å². The molecule has 0 saturated carbocycles. The molecule has 2 atom stereocenters. The summed E-state index contributed by atoms with van der Waals surface area (Å²) in [5.41, 5.74) is 1.49. The fourth-order valence-electron chi connectivity index (χ4n) is 3.05. The first-order valence-corrected chi connectivity index (χ1v) is 10.3. The van der Waals surface area contributed by atoms with Crippen molar-refractivity contribution in [2.75, 3.05) is 5.32 Å². The minimum Gasteiger partial charge on any atom is -0.479 e. The quantitative estimate of drug-likeness (QED) is 0.642. The van der Waals surface area contributed by atoms with E-state index in [1.165, 1.54) is 0 Å². The van der Waals surface area contributed by atoms with E-state index in [0.29, 0.717) is 27.9 Å². The molecular weight excluding hydrogens is 427 g/mol. The Morgan fingerprint density at radius 3 is 2.63 bits per heavy atom. The number of hydrogen-bond acceptors (Lipinski definition) is 4. The number of carbonyl (C=O) groups is 2. The van der Waals surface area contributed by atoms with E-state index in [2.05, 4.69) is 10.6 Å². The molecule has 2 N–H and O–H groups in total. The van der Waals surface area contributed by atoms with E-state index in [4.69, 9.17) is 32.7 Å².